The largest absolute Gasteiger partial charge is 0.478 e. The quantitative estimate of drug-likeness (QED) is 0.648. The standard InChI is InChI=1S/C12H7BrFNO6/c13-8-3-6(14)4-9(15(18)19)11(8)21-5-10-7(12(16)17)1-2-20-10/h1-4H,5H2,(H,16,17). The summed E-state index contributed by atoms with van der Waals surface area (Å²) in [7, 11) is 0. The lowest BCUT2D eigenvalue weighted by atomic mass is 10.2. The van der Waals surface area contributed by atoms with Crippen LogP contribution in [0.3, 0.4) is 0 Å². The molecule has 0 aliphatic carbocycles. The molecule has 0 saturated carbocycles. The van der Waals surface area contributed by atoms with E-state index in [0.29, 0.717) is 6.07 Å². The maximum atomic E-state index is 13.2. The highest BCUT2D eigenvalue weighted by Gasteiger charge is 2.22. The molecule has 0 fully saturated rings. The van der Waals surface area contributed by atoms with Crippen molar-refractivity contribution in [2.75, 3.05) is 0 Å². The van der Waals surface area contributed by atoms with Crippen LogP contribution in [0.5, 0.6) is 5.75 Å². The molecule has 0 unspecified atom stereocenters. The van der Waals surface area contributed by atoms with Crippen molar-refractivity contribution in [1.82, 2.24) is 0 Å². The van der Waals surface area contributed by atoms with Gasteiger partial charge in [-0.3, -0.25) is 10.1 Å². The van der Waals surface area contributed by atoms with Crippen LogP contribution in [-0.2, 0) is 6.61 Å². The second-order valence-corrected chi connectivity index (χ2v) is 4.70. The Labute approximate surface area is 125 Å². The van der Waals surface area contributed by atoms with Gasteiger partial charge >= 0.3 is 11.7 Å². The predicted molar refractivity (Wildman–Crippen MR) is 70.8 cm³/mol. The average molecular weight is 360 g/mol. The topological polar surface area (TPSA) is 103 Å². The molecule has 0 radical (unpaired) electrons. The van der Waals surface area contributed by atoms with Crippen LogP contribution >= 0.6 is 15.9 Å². The first kappa shape index (κ1) is 15.0. The van der Waals surface area contributed by atoms with Crippen LogP contribution in [0.4, 0.5) is 10.1 Å². The zero-order valence-electron chi connectivity index (χ0n) is 10.2. The molecule has 0 bridgehead atoms. The van der Waals surface area contributed by atoms with Gasteiger partial charge in [-0.15, -0.1) is 0 Å². The highest BCUT2D eigenvalue weighted by molar-refractivity contribution is 9.10. The highest BCUT2D eigenvalue weighted by atomic mass is 79.9. The normalized spacial score (nSPS) is 10.4. The third-order valence-electron chi connectivity index (χ3n) is 2.51. The van der Waals surface area contributed by atoms with Gasteiger partial charge in [-0.05, 0) is 28.1 Å². The highest BCUT2D eigenvalue weighted by Crippen LogP contribution is 2.36. The minimum absolute atomic E-state index is 0.00646. The van der Waals surface area contributed by atoms with Gasteiger partial charge in [-0.1, -0.05) is 0 Å². The minimum atomic E-state index is -1.21. The van der Waals surface area contributed by atoms with E-state index in [4.69, 9.17) is 14.3 Å². The van der Waals surface area contributed by atoms with Crippen LogP contribution in [0.25, 0.3) is 0 Å². The van der Waals surface area contributed by atoms with Crippen LogP contribution in [-0.4, -0.2) is 16.0 Å². The lowest BCUT2D eigenvalue weighted by molar-refractivity contribution is -0.386. The number of nitrogens with zero attached hydrogens (tertiary/aromatic N) is 1. The minimum Gasteiger partial charge on any atom is -0.478 e. The van der Waals surface area contributed by atoms with Crippen molar-refractivity contribution >= 4 is 27.6 Å². The molecule has 7 nitrogen and oxygen atoms in total. The molecule has 1 aromatic carbocycles. The lowest BCUT2D eigenvalue weighted by Crippen LogP contribution is -2.04. The number of ether oxygens (including phenoxy) is 1. The molecule has 0 atom stereocenters. The predicted octanol–water partition coefficient (Wildman–Crippen LogP) is 3.37. The summed E-state index contributed by atoms with van der Waals surface area (Å²) in [5, 5.41) is 19.8. The molecule has 0 spiro atoms. The van der Waals surface area contributed by atoms with Gasteiger partial charge in [0, 0.05) is 0 Å². The smallest absolute Gasteiger partial charge is 0.339 e. The van der Waals surface area contributed by atoms with Crippen LogP contribution in [0, 0.1) is 15.9 Å². The number of hydrogen-bond acceptors (Lipinski definition) is 5. The number of carbonyl (C=O) groups is 1. The van der Waals surface area contributed by atoms with E-state index >= 15 is 0 Å². The molecular weight excluding hydrogens is 353 g/mol. The first-order chi connectivity index (χ1) is 9.90. The van der Waals surface area contributed by atoms with Crippen molar-refractivity contribution in [2.45, 2.75) is 6.61 Å². The molecule has 2 rings (SSSR count). The zero-order valence-corrected chi connectivity index (χ0v) is 11.8. The number of carboxylic acids is 1. The van der Waals surface area contributed by atoms with Crippen molar-refractivity contribution in [3.63, 3.8) is 0 Å². The molecule has 1 aromatic heterocycles. The Bertz CT molecular complexity index is 714. The van der Waals surface area contributed by atoms with E-state index in [1.165, 1.54) is 6.07 Å². The fourth-order valence-electron chi connectivity index (χ4n) is 1.61. The Balaban J connectivity index is 2.30. The van der Waals surface area contributed by atoms with Gasteiger partial charge in [0.1, 0.15) is 18.0 Å². The lowest BCUT2D eigenvalue weighted by Gasteiger charge is -2.08. The number of hydrogen-bond donors (Lipinski definition) is 1. The molecule has 1 heterocycles. The van der Waals surface area contributed by atoms with Gasteiger partial charge < -0.3 is 14.3 Å². The second kappa shape index (κ2) is 5.92. The summed E-state index contributed by atoms with van der Waals surface area (Å²) in [5.41, 5.74) is -0.693. The number of carboxylic acid groups (broad SMARTS) is 1. The molecule has 0 saturated heterocycles. The summed E-state index contributed by atoms with van der Waals surface area (Å²) in [6.45, 7) is -0.348. The fourth-order valence-corrected chi connectivity index (χ4v) is 2.14. The number of nitro benzene ring substituents is 1. The van der Waals surface area contributed by atoms with E-state index in [1.54, 1.807) is 0 Å². The van der Waals surface area contributed by atoms with E-state index in [-0.39, 0.29) is 28.2 Å². The number of aromatic carboxylic acids is 1. The summed E-state index contributed by atoms with van der Waals surface area (Å²) >= 11 is 2.96. The van der Waals surface area contributed by atoms with Gasteiger partial charge in [0.05, 0.1) is 21.7 Å². The van der Waals surface area contributed by atoms with Crippen LogP contribution in [0.2, 0.25) is 0 Å². The van der Waals surface area contributed by atoms with Crippen molar-refractivity contribution in [3.8, 4) is 5.75 Å². The van der Waals surface area contributed by atoms with E-state index in [9.17, 15) is 19.3 Å². The third-order valence-corrected chi connectivity index (χ3v) is 3.10. The zero-order chi connectivity index (χ0) is 15.6. The molecule has 1 N–H and O–H groups in total. The van der Waals surface area contributed by atoms with Crippen molar-refractivity contribution in [3.05, 3.63) is 56.2 Å². The van der Waals surface area contributed by atoms with E-state index in [0.717, 1.165) is 12.3 Å². The first-order valence-corrected chi connectivity index (χ1v) is 6.25. The molecule has 0 aliphatic heterocycles. The van der Waals surface area contributed by atoms with Crippen molar-refractivity contribution in [1.29, 1.82) is 0 Å². The number of halogens is 2. The maximum Gasteiger partial charge on any atom is 0.339 e. The fraction of sp³-hybridized carbons (Fsp3) is 0.0833. The third kappa shape index (κ3) is 3.19. The number of nitro groups is 1. The summed E-state index contributed by atoms with van der Waals surface area (Å²) in [6, 6.07) is 2.94. The molecular formula is C12H7BrFNO6. The molecule has 2 aromatic rings. The first-order valence-electron chi connectivity index (χ1n) is 5.46. The molecule has 21 heavy (non-hydrogen) atoms. The Morgan fingerprint density at radius 1 is 1.52 bits per heavy atom. The Morgan fingerprint density at radius 3 is 2.86 bits per heavy atom. The summed E-state index contributed by atoms with van der Waals surface area (Å²) in [6.07, 6.45) is 1.16. The molecule has 110 valence electrons. The number of rotatable bonds is 5. The number of furan rings is 1. The second-order valence-electron chi connectivity index (χ2n) is 3.84. The van der Waals surface area contributed by atoms with Crippen LogP contribution in [0.1, 0.15) is 16.1 Å². The SMILES string of the molecule is O=C(O)c1ccoc1COc1c(Br)cc(F)cc1[N+](=O)[O-]. The maximum absolute atomic E-state index is 13.2. The summed E-state index contributed by atoms with van der Waals surface area (Å²) in [4.78, 5) is 21.0. The van der Waals surface area contributed by atoms with E-state index < -0.39 is 22.4 Å². The van der Waals surface area contributed by atoms with Crippen LogP contribution in [0.15, 0.2) is 33.4 Å². The van der Waals surface area contributed by atoms with Gasteiger partial charge in [-0.25, -0.2) is 9.18 Å². The van der Waals surface area contributed by atoms with E-state index in [1.807, 2.05) is 0 Å². The van der Waals surface area contributed by atoms with Crippen molar-refractivity contribution < 1.29 is 28.4 Å². The van der Waals surface area contributed by atoms with Gasteiger partial charge in [0.25, 0.3) is 0 Å². The summed E-state index contributed by atoms with van der Waals surface area (Å²) in [5.74, 6) is -2.23. The summed E-state index contributed by atoms with van der Waals surface area (Å²) < 4.78 is 23.4. The van der Waals surface area contributed by atoms with Crippen molar-refractivity contribution in [2.24, 2.45) is 0 Å². The monoisotopic (exact) mass is 359 g/mol. The molecule has 0 amide bonds. The Kier molecular flexibility index (Phi) is 4.22. The molecule has 9 heteroatoms. The van der Waals surface area contributed by atoms with Gasteiger partial charge in [-0.2, -0.15) is 0 Å². The Morgan fingerprint density at radius 2 is 2.24 bits per heavy atom. The molecule has 0 aliphatic rings. The van der Waals surface area contributed by atoms with E-state index in [2.05, 4.69) is 15.9 Å². The average Bonchev–Trinajstić information content (AvgIpc) is 2.85. The van der Waals surface area contributed by atoms with Crippen LogP contribution < -0.4 is 4.74 Å². The van der Waals surface area contributed by atoms with Gasteiger partial charge in [0.15, 0.2) is 5.76 Å². The number of benzene rings is 1. The Hall–Kier alpha value is -2.42. The van der Waals surface area contributed by atoms with Gasteiger partial charge in [0.2, 0.25) is 5.75 Å².